The number of aliphatic hydroxyl groups is 1. The third-order valence-corrected chi connectivity index (χ3v) is 3.17. The van der Waals surface area contributed by atoms with Crippen LogP contribution in [0.2, 0.25) is 5.02 Å². The Morgan fingerprint density at radius 3 is 2.76 bits per heavy atom. The molecule has 0 aromatic heterocycles. The van der Waals surface area contributed by atoms with Gasteiger partial charge in [-0.3, -0.25) is 10.1 Å². The van der Waals surface area contributed by atoms with Gasteiger partial charge >= 0.3 is 0 Å². The van der Waals surface area contributed by atoms with Gasteiger partial charge in [-0.2, -0.15) is 0 Å². The standard InChI is InChI=1S/C15H14ClNO4/c1-10(18)14-8-12(16)5-6-15(14)21-9-11-3-2-4-13(7-11)17(19)20/h2-8,10,18H,9H2,1H3/t10-/m0/s1. The Morgan fingerprint density at radius 1 is 1.33 bits per heavy atom. The summed E-state index contributed by atoms with van der Waals surface area (Å²) in [4.78, 5) is 10.3. The van der Waals surface area contributed by atoms with Gasteiger partial charge < -0.3 is 9.84 Å². The smallest absolute Gasteiger partial charge is 0.269 e. The summed E-state index contributed by atoms with van der Waals surface area (Å²) in [7, 11) is 0. The van der Waals surface area contributed by atoms with Gasteiger partial charge in [0.15, 0.2) is 0 Å². The van der Waals surface area contributed by atoms with Crippen LogP contribution in [-0.2, 0) is 6.61 Å². The predicted octanol–water partition coefficient (Wildman–Crippen LogP) is 3.88. The number of nitro groups is 1. The minimum atomic E-state index is -0.719. The first-order valence-electron chi connectivity index (χ1n) is 6.31. The maximum absolute atomic E-state index is 10.7. The molecule has 0 saturated carbocycles. The molecular weight excluding hydrogens is 294 g/mol. The normalized spacial score (nSPS) is 12.0. The van der Waals surface area contributed by atoms with Crippen LogP contribution in [0.5, 0.6) is 5.75 Å². The van der Waals surface area contributed by atoms with Crippen LogP contribution in [0.25, 0.3) is 0 Å². The number of non-ortho nitro benzene ring substituents is 1. The number of hydrogen-bond acceptors (Lipinski definition) is 4. The summed E-state index contributed by atoms with van der Waals surface area (Å²) in [5.41, 5.74) is 1.27. The lowest BCUT2D eigenvalue weighted by Crippen LogP contribution is -2.01. The van der Waals surface area contributed by atoms with E-state index in [9.17, 15) is 15.2 Å². The summed E-state index contributed by atoms with van der Waals surface area (Å²) >= 11 is 5.89. The van der Waals surface area contributed by atoms with Crippen LogP contribution in [0.1, 0.15) is 24.2 Å². The second-order valence-corrected chi connectivity index (χ2v) is 5.01. The van der Waals surface area contributed by atoms with Crippen molar-refractivity contribution in [3.63, 3.8) is 0 Å². The highest BCUT2D eigenvalue weighted by Gasteiger charge is 2.11. The van der Waals surface area contributed by atoms with Crippen LogP contribution in [0, 0.1) is 10.1 Å². The van der Waals surface area contributed by atoms with Crippen LogP contribution >= 0.6 is 11.6 Å². The van der Waals surface area contributed by atoms with Gasteiger partial charge in [-0.15, -0.1) is 0 Å². The molecule has 6 heteroatoms. The maximum Gasteiger partial charge on any atom is 0.269 e. The quantitative estimate of drug-likeness (QED) is 0.672. The Labute approximate surface area is 126 Å². The van der Waals surface area contributed by atoms with E-state index < -0.39 is 11.0 Å². The third-order valence-electron chi connectivity index (χ3n) is 2.94. The molecule has 2 rings (SSSR count). The topological polar surface area (TPSA) is 72.6 Å². The van der Waals surface area contributed by atoms with E-state index >= 15 is 0 Å². The summed E-state index contributed by atoms with van der Waals surface area (Å²) in [6.07, 6.45) is -0.719. The van der Waals surface area contributed by atoms with Crippen molar-refractivity contribution in [2.75, 3.05) is 0 Å². The lowest BCUT2D eigenvalue weighted by Gasteiger charge is -2.13. The first-order valence-corrected chi connectivity index (χ1v) is 6.69. The second-order valence-electron chi connectivity index (χ2n) is 4.57. The molecule has 1 N–H and O–H groups in total. The predicted molar refractivity (Wildman–Crippen MR) is 79.5 cm³/mol. The molecule has 5 nitrogen and oxygen atoms in total. The van der Waals surface area contributed by atoms with Crippen molar-refractivity contribution in [3.05, 3.63) is 68.7 Å². The van der Waals surface area contributed by atoms with Crippen molar-refractivity contribution in [3.8, 4) is 5.75 Å². The van der Waals surface area contributed by atoms with Gasteiger partial charge in [-0.05, 0) is 30.7 Å². The minimum absolute atomic E-state index is 0.0166. The largest absolute Gasteiger partial charge is 0.489 e. The molecule has 0 bridgehead atoms. The fourth-order valence-electron chi connectivity index (χ4n) is 1.90. The molecular formula is C15H14ClNO4. The lowest BCUT2D eigenvalue weighted by atomic mass is 10.1. The van der Waals surface area contributed by atoms with E-state index in [1.165, 1.54) is 12.1 Å². The monoisotopic (exact) mass is 307 g/mol. The van der Waals surface area contributed by atoms with Gasteiger partial charge in [-0.25, -0.2) is 0 Å². The Kier molecular flexibility index (Phi) is 4.77. The summed E-state index contributed by atoms with van der Waals surface area (Å²) in [6.45, 7) is 1.79. The van der Waals surface area contributed by atoms with Crippen LogP contribution in [0.15, 0.2) is 42.5 Å². The first kappa shape index (κ1) is 15.3. The van der Waals surface area contributed by atoms with Crippen molar-refractivity contribution >= 4 is 17.3 Å². The molecule has 0 amide bonds. The van der Waals surface area contributed by atoms with Gasteiger partial charge in [0.05, 0.1) is 11.0 Å². The van der Waals surface area contributed by atoms with Crippen LogP contribution in [0.4, 0.5) is 5.69 Å². The second kappa shape index (κ2) is 6.56. The van der Waals surface area contributed by atoms with Crippen molar-refractivity contribution < 1.29 is 14.8 Å². The van der Waals surface area contributed by atoms with Crippen molar-refractivity contribution in [1.29, 1.82) is 0 Å². The lowest BCUT2D eigenvalue weighted by molar-refractivity contribution is -0.384. The van der Waals surface area contributed by atoms with Gasteiger partial charge in [0.25, 0.3) is 5.69 Å². The van der Waals surface area contributed by atoms with E-state index in [-0.39, 0.29) is 12.3 Å². The van der Waals surface area contributed by atoms with E-state index in [2.05, 4.69) is 0 Å². The number of benzene rings is 2. The van der Waals surface area contributed by atoms with Gasteiger partial charge in [0, 0.05) is 22.7 Å². The molecule has 21 heavy (non-hydrogen) atoms. The molecule has 0 radical (unpaired) electrons. The molecule has 2 aromatic rings. The van der Waals surface area contributed by atoms with Crippen molar-refractivity contribution in [2.24, 2.45) is 0 Å². The zero-order valence-electron chi connectivity index (χ0n) is 11.3. The average Bonchev–Trinajstić information content (AvgIpc) is 2.46. The van der Waals surface area contributed by atoms with E-state index in [4.69, 9.17) is 16.3 Å². The van der Waals surface area contributed by atoms with Gasteiger partial charge in [0.1, 0.15) is 12.4 Å². The van der Waals surface area contributed by atoms with Crippen LogP contribution in [-0.4, -0.2) is 10.0 Å². The SMILES string of the molecule is C[C@H](O)c1cc(Cl)ccc1OCc1cccc([N+](=O)[O-])c1. The zero-order chi connectivity index (χ0) is 15.4. The van der Waals surface area contributed by atoms with Crippen LogP contribution < -0.4 is 4.74 Å². The molecule has 0 fully saturated rings. The molecule has 110 valence electrons. The molecule has 0 aliphatic heterocycles. The average molecular weight is 308 g/mol. The highest BCUT2D eigenvalue weighted by molar-refractivity contribution is 6.30. The number of ether oxygens (including phenoxy) is 1. The number of nitrogens with zero attached hydrogens (tertiary/aromatic N) is 1. The fourth-order valence-corrected chi connectivity index (χ4v) is 2.08. The van der Waals surface area contributed by atoms with Gasteiger partial charge in [-0.1, -0.05) is 23.7 Å². The Balaban J connectivity index is 2.16. The molecule has 0 unspecified atom stereocenters. The highest BCUT2D eigenvalue weighted by Crippen LogP contribution is 2.29. The molecule has 0 heterocycles. The van der Waals surface area contributed by atoms with E-state index in [0.29, 0.717) is 21.9 Å². The zero-order valence-corrected chi connectivity index (χ0v) is 12.1. The minimum Gasteiger partial charge on any atom is -0.489 e. The number of hydrogen-bond donors (Lipinski definition) is 1. The number of halogens is 1. The molecule has 2 aromatic carbocycles. The van der Waals surface area contributed by atoms with Crippen molar-refractivity contribution in [2.45, 2.75) is 19.6 Å². The van der Waals surface area contributed by atoms with E-state index in [0.717, 1.165) is 0 Å². The van der Waals surface area contributed by atoms with Crippen molar-refractivity contribution in [1.82, 2.24) is 0 Å². The Hall–Kier alpha value is -2.11. The third kappa shape index (κ3) is 3.93. The molecule has 0 saturated heterocycles. The van der Waals surface area contributed by atoms with Crippen LogP contribution in [0.3, 0.4) is 0 Å². The Morgan fingerprint density at radius 2 is 2.10 bits per heavy atom. The summed E-state index contributed by atoms with van der Waals surface area (Å²) in [5.74, 6) is 0.501. The van der Waals surface area contributed by atoms with Gasteiger partial charge in [0.2, 0.25) is 0 Å². The molecule has 0 aliphatic carbocycles. The summed E-state index contributed by atoms with van der Waals surface area (Å²) in [6, 6.07) is 11.2. The summed E-state index contributed by atoms with van der Waals surface area (Å²) < 4.78 is 5.63. The number of aliphatic hydroxyl groups excluding tert-OH is 1. The van der Waals surface area contributed by atoms with E-state index in [1.54, 1.807) is 37.3 Å². The fraction of sp³-hybridized carbons (Fsp3) is 0.200. The molecule has 1 atom stereocenters. The van der Waals surface area contributed by atoms with E-state index in [1.807, 2.05) is 0 Å². The summed E-state index contributed by atoms with van der Waals surface area (Å²) in [5, 5.41) is 20.9. The number of nitro benzene ring substituents is 1. The molecule has 0 aliphatic rings. The highest BCUT2D eigenvalue weighted by atomic mass is 35.5. The maximum atomic E-state index is 10.7. The molecule has 0 spiro atoms. The number of rotatable bonds is 5. The Bertz CT molecular complexity index is 658. The first-order chi connectivity index (χ1) is 9.97.